The number of aryl methyl sites for hydroxylation is 1. The van der Waals surface area contributed by atoms with Crippen molar-refractivity contribution in [1.29, 1.82) is 5.26 Å². The number of nitrogens with zero attached hydrogens (tertiary/aromatic N) is 2. The highest BCUT2D eigenvalue weighted by atomic mass is 16.5. The Balaban J connectivity index is 1.99. The lowest BCUT2D eigenvalue weighted by Crippen LogP contribution is -2.24. The standard InChI is InChI=1S/C21H17N3O2/c1-12-17-18(13-6-3-2-4-7-13)16(11-22)20(23)19(21(17)26-24-12)14-8-5-9-15(25)10-14/h2-10,18-19,25H,23H2,1H3. The van der Waals surface area contributed by atoms with E-state index >= 15 is 0 Å². The van der Waals surface area contributed by atoms with Gasteiger partial charge in [0.1, 0.15) is 5.75 Å². The number of phenolic OH excluding ortho intramolecular Hbond substituents is 1. The molecule has 0 spiro atoms. The SMILES string of the molecule is Cc1noc2c1C(c1ccccc1)C(C#N)=C(N)C2c1cccc(O)c1. The summed E-state index contributed by atoms with van der Waals surface area (Å²) in [6, 6.07) is 18.9. The average molecular weight is 343 g/mol. The quantitative estimate of drug-likeness (QED) is 0.739. The van der Waals surface area contributed by atoms with Gasteiger partial charge in [-0.15, -0.1) is 0 Å². The Morgan fingerprint density at radius 1 is 1.08 bits per heavy atom. The summed E-state index contributed by atoms with van der Waals surface area (Å²) in [5, 5.41) is 23.9. The molecule has 128 valence electrons. The minimum absolute atomic E-state index is 0.136. The molecular weight excluding hydrogens is 326 g/mol. The average Bonchev–Trinajstić information content (AvgIpc) is 3.02. The van der Waals surface area contributed by atoms with Crippen LogP contribution in [0.1, 0.15) is 40.0 Å². The summed E-state index contributed by atoms with van der Waals surface area (Å²) in [6.45, 7) is 1.87. The number of aromatic nitrogens is 1. The molecule has 2 atom stereocenters. The van der Waals surface area contributed by atoms with E-state index in [4.69, 9.17) is 10.3 Å². The Bertz CT molecular complexity index is 1040. The van der Waals surface area contributed by atoms with E-state index in [9.17, 15) is 10.4 Å². The first kappa shape index (κ1) is 16.0. The Kier molecular flexibility index (Phi) is 3.74. The van der Waals surface area contributed by atoms with Crippen LogP contribution in [-0.4, -0.2) is 10.3 Å². The molecule has 1 heterocycles. The summed E-state index contributed by atoms with van der Waals surface area (Å²) in [5.41, 5.74) is 10.7. The van der Waals surface area contributed by atoms with E-state index in [1.165, 1.54) is 0 Å². The predicted octanol–water partition coefficient (Wildman–Crippen LogP) is 3.70. The van der Waals surface area contributed by atoms with Crippen molar-refractivity contribution in [2.75, 3.05) is 0 Å². The van der Waals surface area contributed by atoms with Gasteiger partial charge in [-0.05, 0) is 30.2 Å². The van der Waals surface area contributed by atoms with Gasteiger partial charge < -0.3 is 15.4 Å². The zero-order chi connectivity index (χ0) is 18.3. The fourth-order valence-electron chi connectivity index (χ4n) is 3.70. The van der Waals surface area contributed by atoms with Gasteiger partial charge in [0.25, 0.3) is 0 Å². The van der Waals surface area contributed by atoms with E-state index in [0.29, 0.717) is 17.0 Å². The first-order valence-electron chi connectivity index (χ1n) is 8.31. The molecule has 5 nitrogen and oxygen atoms in total. The molecule has 0 amide bonds. The molecule has 4 rings (SSSR count). The topological polar surface area (TPSA) is 96.1 Å². The molecule has 1 aromatic heterocycles. The monoisotopic (exact) mass is 343 g/mol. The lowest BCUT2D eigenvalue weighted by Gasteiger charge is -2.29. The third kappa shape index (κ3) is 2.35. The first-order valence-corrected chi connectivity index (χ1v) is 8.31. The Hall–Kier alpha value is -3.52. The summed E-state index contributed by atoms with van der Waals surface area (Å²) in [6.07, 6.45) is 0. The molecule has 2 unspecified atom stereocenters. The molecule has 1 aliphatic carbocycles. The summed E-state index contributed by atoms with van der Waals surface area (Å²) in [4.78, 5) is 0. The van der Waals surface area contributed by atoms with Crippen LogP contribution in [0.15, 0.2) is 70.4 Å². The van der Waals surface area contributed by atoms with Crippen molar-refractivity contribution in [3.05, 3.63) is 94.0 Å². The zero-order valence-electron chi connectivity index (χ0n) is 14.2. The highest BCUT2D eigenvalue weighted by Crippen LogP contribution is 2.48. The maximum Gasteiger partial charge on any atom is 0.154 e. The number of phenols is 1. The molecule has 0 saturated heterocycles. The van der Waals surface area contributed by atoms with Gasteiger partial charge in [0.05, 0.1) is 29.2 Å². The van der Waals surface area contributed by atoms with Crippen molar-refractivity contribution < 1.29 is 9.63 Å². The van der Waals surface area contributed by atoms with E-state index in [2.05, 4.69) is 11.2 Å². The molecular formula is C21H17N3O2. The molecule has 2 aromatic carbocycles. The minimum Gasteiger partial charge on any atom is -0.508 e. The predicted molar refractivity (Wildman–Crippen MR) is 96.3 cm³/mol. The number of rotatable bonds is 2. The van der Waals surface area contributed by atoms with Crippen molar-refractivity contribution >= 4 is 0 Å². The molecule has 26 heavy (non-hydrogen) atoms. The molecule has 0 bridgehead atoms. The number of hydrogen-bond donors (Lipinski definition) is 2. The second kappa shape index (κ2) is 6.08. The highest BCUT2D eigenvalue weighted by molar-refractivity contribution is 5.59. The van der Waals surface area contributed by atoms with Crippen LogP contribution in [0.25, 0.3) is 0 Å². The van der Waals surface area contributed by atoms with Crippen LogP contribution in [0, 0.1) is 18.3 Å². The van der Waals surface area contributed by atoms with Gasteiger partial charge in [-0.3, -0.25) is 0 Å². The Morgan fingerprint density at radius 2 is 1.81 bits per heavy atom. The van der Waals surface area contributed by atoms with Gasteiger partial charge in [-0.1, -0.05) is 47.6 Å². The first-order chi connectivity index (χ1) is 12.6. The van der Waals surface area contributed by atoms with Crippen LogP contribution in [0.5, 0.6) is 5.75 Å². The van der Waals surface area contributed by atoms with Gasteiger partial charge in [-0.25, -0.2) is 0 Å². The van der Waals surface area contributed by atoms with Gasteiger partial charge in [0.15, 0.2) is 5.76 Å². The lowest BCUT2D eigenvalue weighted by molar-refractivity contribution is 0.371. The number of benzene rings is 2. The smallest absolute Gasteiger partial charge is 0.154 e. The largest absolute Gasteiger partial charge is 0.508 e. The molecule has 0 fully saturated rings. The van der Waals surface area contributed by atoms with Gasteiger partial charge in [0, 0.05) is 11.3 Å². The van der Waals surface area contributed by atoms with Crippen molar-refractivity contribution in [2.45, 2.75) is 18.8 Å². The van der Waals surface area contributed by atoms with E-state index in [0.717, 1.165) is 22.4 Å². The van der Waals surface area contributed by atoms with E-state index in [1.54, 1.807) is 18.2 Å². The summed E-state index contributed by atoms with van der Waals surface area (Å²) >= 11 is 0. The maximum absolute atomic E-state index is 9.88. The Labute approximate surface area is 151 Å². The third-order valence-electron chi connectivity index (χ3n) is 4.85. The molecule has 3 aromatic rings. The van der Waals surface area contributed by atoms with Gasteiger partial charge >= 0.3 is 0 Å². The molecule has 0 radical (unpaired) electrons. The van der Waals surface area contributed by atoms with E-state index in [1.807, 2.05) is 43.3 Å². The number of nitrogens with two attached hydrogens (primary N) is 1. The van der Waals surface area contributed by atoms with E-state index in [-0.39, 0.29) is 11.7 Å². The van der Waals surface area contributed by atoms with Gasteiger partial charge in [-0.2, -0.15) is 5.26 Å². The minimum atomic E-state index is -0.451. The molecule has 0 aliphatic heterocycles. The highest BCUT2D eigenvalue weighted by Gasteiger charge is 2.40. The molecule has 3 N–H and O–H groups in total. The molecule has 1 aliphatic rings. The van der Waals surface area contributed by atoms with Crippen molar-refractivity contribution in [1.82, 2.24) is 5.16 Å². The number of aromatic hydroxyl groups is 1. The fourth-order valence-corrected chi connectivity index (χ4v) is 3.70. The molecule has 5 heteroatoms. The number of fused-ring (bicyclic) bond motifs is 1. The Morgan fingerprint density at radius 3 is 2.50 bits per heavy atom. The second-order valence-electron chi connectivity index (χ2n) is 6.40. The van der Waals surface area contributed by atoms with Crippen molar-refractivity contribution in [2.24, 2.45) is 5.73 Å². The normalized spacial score (nSPS) is 19.1. The van der Waals surface area contributed by atoms with Crippen LogP contribution in [0.4, 0.5) is 0 Å². The number of nitriles is 1. The van der Waals surface area contributed by atoms with Crippen LogP contribution >= 0.6 is 0 Å². The second-order valence-corrected chi connectivity index (χ2v) is 6.40. The summed E-state index contributed by atoms with van der Waals surface area (Å²) in [5.74, 6) is -0.000785. The maximum atomic E-state index is 9.88. The van der Waals surface area contributed by atoms with E-state index < -0.39 is 5.92 Å². The van der Waals surface area contributed by atoms with Gasteiger partial charge in [0.2, 0.25) is 0 Å². The molecule has 0 saturated carbocycles. The fraction of sp³-hybridized carbons (Fsp3) is 0.143. The zero-order valence-corrected chi connectivity index (χ0v) is 14.2. The third-order valence-corrected chi connectivity index (χ3v) is 4.85. The lowest BCUT2D eigenvalue weighted by atomic mass is 9.73. The van der Waals surface area contributed by atoms with Crippen molar-refractivity contribution in [3.63, 3.8) is 0 Å². The van der Waals surface area contributed by atoms with Crippen LogP contribution in [-0.2, 0) is 0 Å². The van der Waals surface area contributed by atoms with Crippen LogP contribution < -0.4 is 5.73 Å². The number of allylic oxidation sites excluding steroid dienone is 2. The van der Waals surface area contributed by atoms with Crippen LogP contribution in [0.2, 0.25) is 0 Å². The van der Waals surface area contributed by atoms with Crippen LogP contribution in [0.3, 0.4) is 0 Å². The summed E-state index contributed by atoms with van der Waals surface area (Å²) in [7, 11) is 0. The van der Waals surface area contributed by atoms with Crippen molar-refractivity contribution in [3.8, 4) is 11.8 Å². The summed E-state index contributed by atoms with van der Waals surface area (Å²) < 4.78 is 5.65. The number of hydrogen-bond acceptors (Lipinski definition) is 5.